The number of hydrogen-bond acceptors (Lipinski definition) is 8. The smallest absolute Gasteiger partial charge is 0.277 e. The lowest BCUT2D eigenvalue weighted by atomic mass is 10.3. The maximum Gasteiger partial charge on any atom is 0.504 e. The third-order valence-corrected chi connectivity index (χ3v) is 6.06. The number of nitrogens with one attached hydrogen (secondary N) is 1. The molecule has 0 unspecified atom stereocenters. The fraction of sp³-hybridized carbons (Fsp3) is 0.222. The number of hydrazone groups is 1. The van der Waals surface area contributed by atoms with Gasteiger partial charge in [-0.05, 0) is 12.1 Å². The van der Waals surface area contributed by atoms with Gasteiger partial charge in [0.2, 0.25) is 0 Å². The minimum Gasteiger partial charge on any atom is -0.277 e. The Kier molecular flexibility index (Phi) is 5.57. The number of nitro benzene ring substituents is 1. The van der Waals surface area contributed by atoms with Crippen LogP contribution in [0.5, 0.6) is 0 Å². The number of hydrogen-bond donors (Lipinski definition) is 1. The molecule has 1 rings (SSSR count). The standard InChI is InChI=1S/C9H5F6N3O6S2/c10-8(11,12)25(21,22)7(26(23,24)9(13,14)15)17-16-5-1-3-6(4-2-5)18(19)20/h1-4,16H. The van der Waals surface area contributed by atoms with Crippen LogP contribution in [0.15, 0.2) is 29.4 Å². The molecule has 0 fully saturated rings. The van der Waals surface area contributed by atoms with E-state index in [2.05, 4.69) is 5.10 Å². The number of benzene rings is 1. The largest absolute Gasteiger partial charge is 0.504 e. The van der Waals surface area contributed by atoms with Gasteiger partial charge in [-0.25, -0.2) is 16.8 Å². The van der Waals surface area contributed by atoms with Gasteiger partial charge in [0.25, 0.3) is 10.1 Å². The van der Waals surface area contributed by atoms with E-state index in [0.29, 0.717) is 0 Å². The van der Waals surface area contributed by atoms with Crippen molar-refractivity contribution in [1.82, 2.24) is 0 Å². The summed E-state index contributed by atoms with van der Waals surface area (Å²) < 4.78 is 116. The molecule has 0 aliphatic heterocycles. The maximum absolute atomic E-state index is 12.5. The molecule has 0 saturated heterocycles. The third-order valence-electron chi connectivity index (χ3n) is 2.42. The van der Waals surface area contributed by atoms with E-state index in [1.54, 1.807) is 0 Å². The van der Waals surface area contributed by atoms with E-state index in [0.717, 1.165) is 24.3 Å². The Morgan fingerprint density at radius 3 is 1.62 bits per heavy atom. The van der Waals surface area contributed by atoms with E-state index in [9.17, 15) is 53.3 Å². The Morgan fingerprint density at radius 1 is 0.923 bits per heavy atom. The normalized spacial score (nSPS) is 13.2. The zero-order valence-electron chi connectivity index (χ0n) is 11.7. The highest BCUT2D eigenvalue weighted by Gasteiger charge is 2.61. The molecular formula is C9H5F6N3O6S2. The molecule has 9 nitrogen and oxygen atoms in total. The molecule has 1 N–H and O–H groups in total. The first kappa shape index (κ1) is 21.6. The summed E-state index contributed by atoms with van der Waals surface area (Å²) in [6, 6.07) is 2.96. The third kappa shape index (κ3) is 4.21. The average molecular weight is 429 g/mol. The molecule has 1 aromatic rings. The van der Waals surface area contributed by atoms with Gasteiger partial charge in [0.15, 0.2) is 0 Å². The summed E-state index contributed by atoms with van der Waals surface area (Å²) in [5, 5.41) is 12.6. The van der Waals surface area contributed by atoms with Crippen molar-refractivity contribution in [3.8, 4) is 0 Å². The first-order valence-corrected chi connectivity index (χ1v) is 8.69. The van der Waals surface area contributed by atoms with Crippen molar-refractivity contribution < 1.29 is 48.1 Å². The van der Waals surface area contributed by atoms with Crippen LogP contribution >= 0.6 is 0 Å². The van der Waals surface area contributed by atoms with Crippen molar-refractivity contribution in [2.75, 3.05) is 5.43 Å². The van der Waals surface area contributed by atoms with Crippen molar-refractivity contribution in [2.45, 2.75) is 11.0 Å². The van der Waals surface area contributed by atoms with Crippen molar-refractivity contribution in [3.05, 3.63) is 34.4 Å². The maximum atomic E-state index is 12.5. The van der Waals surface area contributed by atoms with Crippen LogP contribution in [-0.2, 0) is 19.7 Å². The van der Waals surface area contributed by atoms with Crippen molar-refractivity contribution in [3.63, 3.8) is 0 Å². The summed E-state index contributed by atoms with van der Waals surface area (Å²) in [7, 11) is -14.0. The van der Waals surface area contributed by atoms with Gasteiger partial charge in [-0.2, -0.15) is 31.4 Å². The van der Waals surface area contributed by atoms with E-state index in [4.69, 9.17) is 0 Å². The highest BCUT2D eigenvalue weighted by atomic mass is 32.3. The Hall–Kier alpha value is -2.43. The summed E-state index contributed by atoms with van der Waals surface area (Å²) in [5.41, 5.74) is -12.4. The molecule has 0 bridgehead atoms. The summed E-state index contributed by atoms with van der Waals surface area (Å²) in [4.78, 5) is 9.52. The van der Waals surface area contributed by atoms with E-state index in [1.807, 2.05) is 0 Å². The molecule has 0 aliphatic rings. The molecule has 0 heterocycles. The SMILES string of the molecule is O=[N+]([O-])c1ccc(NN=C(S(=O)(=O)C(F)(F)F)S(=O)(=O)C(F)(F)F)cc1. The van der Waals surface area contributed by atoms with Gasteiger partial charge in [-0.15, -0.1) is 0 Å². The van der Waals surface area contributed by atoms with Crippen LogP contribution in [0.3, 0.4) is 0 Å². The summed E-state index contributed by atoms with van der Waals surface area (Å²) in [6.45, 7) is 0. The molecule has 0 aliphatic carbocycles. The molecule has 0 spiro atoms. The second kappa shape index (κ2) is 6.71. The number of rotatable bonds is 3. The monoisotopic (exact) mass is 429 g/mol. The van der Waals surface area contributed by atoms with Crippen molar-refractivity contribution >= 4 is 35.4 Å². The minimum absolute atomic E-state index is 0.523. The fourth-order valence-corrected chi connectivity index (χ4v) is 3.68. The number of sulfone groups is 2. The lowest BCUT2D eigenvalue weighted by molar-refractivity contribution is -0.384. The lowest BCUT2D eigenvalue weighted by Gasteiger charge is -2.13. The predicted octanol–water partition coefficient (Wildman–Crippen LogP) is 2.15. The van der Waals surface area contributed by atoms with Crippen molar-refractivity contribution in [1.29, 1.82) is 0 Å². The zero-order valence-corrected chi connectivity index (χ0v) is 13.4. The van der Waals surface area contributed by atoms with E-state index in [-0.39, 0.29) is 0 Å². The Labute approximate surface area is 140 Å². The first-order chi connectivity index (χ1) is 11.5. The number of anilines is 1. The van der Waals surface area contributed by atoms with Crippen LogP contribution in [-0.4, -0.2) is 37.2 Å². The topological polar surface area (TPSA) is 136 Å². The van der Waals surface area contributed by atoms with Gasteiger partial charge < -0.3 is 0 Å². The summed E-state index contributed by atoms with van der Waals surface area (Å²) in [5.74, 6) is 0. The van der Waals surface area contributed by atoms with Crippen LogP contribution in [0.4, 0.5) is 37.7 Å². The number of non-ortho nitro benzene ring substituents is 1. The number of alkyl halides is 6. The Bertz CT molecular complexity index is 888. The second-order valence-corrected chi connectivity index (χ2v) is 8.16. The van der Waals surface area contributed by atoms with Gasteiger partial charge in [-0.3, -0.25) is 15.5 Å². The molecule has 146 valence electrons. The zero-order chi connectivity index (χ0) is 20.6. The van der Waals surface area contributed by atoms with Crippen molar-refractivity contribution in [2.24, 2.45) is 5.10 Å². The minimum atomic E-state index is -7.00. The van der Waals surface area contributed by atoms with Gasteiger partial charge in [-0.1, -0.05) is 0 Å². The molecule has 17 heteroatoms. The number of nitrogens with zero attached hydrogens (tertiary/aromatic N) is 2. The highest BCUT2D eigenvalue weighted by Crippen LogP contribution is 2.33. The van der Waals surface area contributed by atoms with Crippen LogP contribution in [0, 0.1) is 10.1 Å². The molecule has 26 heavy (non-hydrogen) atoms. The molecule has 0 saturated carbocycles. The quantitative estimate of drug-likeness (QED) is 0.256. The number of halogens is 6. The van der Waals surface area contributed by atoms with E-state index in [1.165, 1.54) is 5.43 Å². The molecule has 0 radical (unpaired) electrons. The van der Waals surface area contributed by atoms with Gasteiger partial charge >= 0.3 is 30.7 Å². The van der Waals surface area contributed by atoms with E-state index >= 15 is 0 Å². The molecule has 0 aromatic heterocycles. The number of nitro groups is 1. The summed E-state index contributed by atoms with van der Waals surface area (Å²) >= 11 is 0. The lowest BCUT2D eigenvalue weighted by Crippen LogP contribution is -2.41. The van der Waals surface area contributed by atoms with Gasteiger partial charge in [0.05, 0.1) is 10.6 Å². The van der Waals surface area contributed by atoms with Gasteiger partial charge in [0.1, 0.15) is 0 Å². The molecule has 1 aromatic carbocycles. The predicted molar refractivity (Wildman–Crippen MR) is 74.1 cm³/mol. The first-order valence-electron chi connectivity index (χ1n) is 5.72. The van der Waals surface area contributed by atoms with Crippen LogP contribution < -0.4 is 5.43 Å². The van der Waals surface area contributed by atoms with E-state index < -0.39 is 51.4 Å². The highest BCUT2D eigenvalue weighted by molar-refractivity contribution is 8.32. The summed E-state index contributed by atoms with van der Waals surface area (Å²) in [6.07, 6.45) is 0. The van der Waals surface area contributed by atoms with Gasteiger partial charge in [0, 0.05) is 12.1 Å². The molecular weight excluding hydrogens is 424 g/mol. The van der Waals surface area contributed by atoms with Crippen LogP contribution in [0.2, 0.25) is 0 Å². The van der Waals surface area contributed by atoms with Crippen LogP contribution in [0.25, 0.3) is 0 Å². The van der Waals surface area contributed by atoms with Crippen LogP contribution in [0.1, 0.15) is 0 Å². The molecule has 0 atom stereocenters. The molecule has 0 amide bonds. The Balaban J connectivity index is 3.47. The Morgan fingerprint density at radius 2 is 1.31 bits per heavy atom. The second-order valence-electron chi connectivity index (χ2n) is 4.19. The fourth-order valence-electron chi connectivity index (χ4n) is 1.23. The average Bonchev–Trinajstić information content (AvgIpc) is 2.45.